The minimum atomic E-state index is 0.0289. The van der Waals surface area contributed by atoms with Crippen LogP contribution < -0.4 is 15.0 Å². The third kappa shape index (κ3) is 4.10. The van der Waals surface area contributed by atoms with Crippen molar-refractivity contribution in [1.82, 2.24) is 15.0 Å². The van der Waals surface area contributed by atoms with Gasteiger partial charge in [-0.25, -0.2) is 9.97 Å². The van der Waals surface area contributed by atoms with E-state index < -0.39 is 0 Å². The van der Waals surface area contributed by atoms with Crippen LogP contribution in [0.25, 0.3) is 21.3 Å². The van der Waals surface area contributed by atoms with Crippen molar-refractivity contribution in [2.45, 2.75) is 6.61 Å². The molecule has 0 unspecified atom stereocenters. The molecule has 164 valence electrons. The van der Waals surface area contributed by atoms with E-state index >= 15 is 0 Å². The van der Waals surface area contributed by atoms with Crippen LogP contribution in [0.1, 0.15) is 5.56 Å². The number of aliphatic hydroxyl groups is 1. The molecule has 0 saturated carbocycles. The van der Waals surface area contributed by atoms with Crippen LogP contribution in [0.15, 0.2) is 48.0 Å². The van der Waals surface area contributed by atoms with Gasteiger partial charge in [0.2, 0.25) is 11.8 Å². The van der Waals surface area contributed by atoms with Crippen LogP contribution in [0.5, 0.6) is 5.88 Å². The van der Waals surface area contributed by atoms with Crippen molar-refractivity contribution in [1.29, 1.82) is 0 Å². The molecule has 2 N–H and O–H groups in total. The second-order valence-corrected chi connectivity index (χ2v) is 8.27. The number of aliphatic hydroxyl groups excluding tert-OH is 1. The molecule has 0 bridgehead atoms. The van der Waals surface area contributed by atoms with E-state index in [1.165, 1.54) is 0 Å². The molecule has 0 radical (unpaired) electrons. The second-order valence-electron chi connectivity index (χ2n) is 7.36. The Balaban J connectivity index is 1.43. The highest BCUT2D eigenvalue weighted by Gasteiger charge is 2.16. The van der Waals surface area contributed by atoms with Crippen molar-refractivity contribution in [2.75, 3.05) is 43.6 Å². The molecule has 32 heavy (non-hydrogen) atoms. The lowest BCUT2D eigenvalue weighted by Crippen LogP contribution is -2.36. The summed E-state index contributed by atoms with van der Waals surface area (Å²) in [4.78, 5) is 16.1. The van der Waals surface area contributed by atoms with Crippen LogP contribution in [-0.4, -0.2) is 53.5 Å². The van der Waals surface area contributed by atoms with E-state index in [-0.39, 0.29) is 6.61 Å². The van der Waals surface area contributed by atoms with E-state index in [1.54, 1.807) is 18.4 Å². The highest BCUT2D eigenvalue weighted by atomic mass is 32.1. The molecule has 1 aliphatic heterocycles. The summed E-state index contributed by atoms with van der Waals surface area (Å²) >= 11 is 1.60. The molecular formula is C23H23N5O3S. The topological polar surface area (TPSA) is 92.6 Å². The largest absolute Gasteiger partial charge is 0.479 e. The molecule has 1 aliphatic rings. The molecule has 3 aromatic heterocycles. The summed E-state index contributed by atoms with van der Waals surface area (Å²) in [5, 5.41) is 14.6. The van der Waals surface area contributed by atoms with Gasteiger partial charge in [0.25, 0.3) is 0 Å². The maximum Gasteiger partial charge on any atom is 0.239 e. The molecule has 1 aromatic carbocycles. The van der Waals surface area contributed by atoms with Gasteiger partial charge in [0.05, 0.1) is 43.3 Å². The highest BCUT2D eigenvalue weighted by Crippen LogP contribution is 2.34. The molecule has 4 aromatic rings. The fourth-order valence-corrected chi connectivity index (χ4v) is 4.53. The number of pyridine rings is 1. The Kier molecular flexibility index (Phi) is 5.85. The predicted octanol–water partition coefficient (Wildman–Crippen LogP) is 3.83. The zero-order valence-electron chi connectivity index (χ0n) is 17.6. The van der Waals surface area contributed by atoms with Crippen molar-refractivity contribution in [3.05, 3.63) is 53.5 Å². The molecule has 0 atom stereocenters. The first-order valence-corrected chi connectivity index (χ1v) is 11.2. The van der Waals surface area contributed by atoms with E-state index in [0.29, 0.717) is 30.7 Å². The molecule has 0 amide bonds. The van der Waals surface area contributed by atoms with Gasteiger partial charge in [-0.2, -0.15) is 4.98 Å². The first kappa shape index (κ1) is 20.6. The van der Waals surface area contributed by atoms with Gasteiger partial charge >= 0.3 is 0 Å². The molecule has 9 heteroatoms. The van der Waals surface area contributed by atoms with E-state index in [1.807, 2.05) is 42.6 Å². The molecule has 4 heterocycles. The van der Waals surface area contributed by atoms with Crippen molar-refractivity contribution in [3.63, 3.8) is 0 Å². The lowest BCUT2D eigenvalue weighted by Gasteiger charge is -2.28. The molecule has 0 spiro atoms. The lowest BCUT2D eigenvalue weighted by molar-refractivity contribution is 0.122. The summed E-state index contributed by atoms with van der Waals surface area (Å²) in [5.74, 6) is 1.82. The second kappa shape index (κ2) is 9.07. The Bertz CT molecular complexity index is 1220. The average molecular weight is 450 g/mol. The monoisotopic (exact) mass is 449 g/mol. The maximum absolute atomic E-state index is 9.29. The Morgan fingerprint density at radius 3 is 2.69 bits per heavy atom. The Morgan fingerprint density at radius 2 is 1.94 bits per heavy atom. The quantitative estimate of drug-likeness (QED) is 0.459. The first-order valence-electron chi connectivity index (χ1n) is 10.3. The fourth-order valence-electron chi connectivity index (χ4n) is 3.65. The lowest BCUT2D eigenvalue weighted by atomic mass is 10.1. The first-order chi connectivity index (χ1) is 15.7. The Labute approximate surface area is 189 Å². The maximum atomic E-state index is 9.29. The van der Waals surface area contributed by atoms with Gasteiger partial charge < -0.3 is 24.8 Å². The van der Waals surface area contributed by atoms with E-state index in [2.05, 4.69) is 25.6 Å². The van der Waals surface area contributed by atoms with Crippen LogP contribution in [0.3, 0.4) is 0 Å². The Hall–Kier alpha value is -3.27. The fraction of sp³-hybridized carbons (Fsp3) is 0.261. The average Bonchev–Trinajstić information content (AvgIpc) is 3.28. The summed E-state index contributed by atoms with van der Waals surface area (Å²) in [7, 11) is 1.60. The highest BCUT2D eigenvalue weighted by molar-refractivity contribution is 7.17. The van der Waals surface area contributed by atoms with Gasteiger partial charge in [0, 0.05) is 24.0 Å². The molecule has 5 rings (SSSR count). The number of benzene rings is 1. The van der Waals surface area contributed by atoms with Gasteiger partial charge in [-0.15, -0.1) is 11.3 Å². The van der Waals surface area contributed by atoms with Gasteiger partial charge in [0.15, 0.2) is 0 Å². The number of thiophene rings is 1. The van der Waals surface area contributed by atoms with E-state index in [4.69, 9.17) is 14.5 Å². The third-order valence-electron chi connectivity index (χ3n) is 5.38. The molecule has 1 saturated heterocycles. The molecule has 0 aliphatic carbocycles. The van der Waals surface area contributed by atoms with E-state index in [0.717, 1.165) is 45.8 Å². The summed E-state index contributed by atoms with van der Waals surface area (Å²) in [6, 6.07) is 11.7. The SMILES string of the molecule is COc1nc(N2CCOCC2)ccc1Nc1ncc2scc(-c3ccc(CO)cc3)c2n1. The minimum absolute atomic E-state index is 0.0289. The minimum Gasteiger partial charge on any atom is -0.479 e. The van der Waals surface area contributed by atoms with Crippen molar-refractivity contribution < 1.29 is 14.6 Å². The number of morpholine rings is 1. The summed E-state index contributed by atoms with van der Waals surface area (Å²) in [6.07, 6.45) is 1.82. The predicted molar refractivity (Wildman–Crippen MR) is 126 cm³/mol. The van der Waals surface area contributed by atoms with Crippen molar-refractivity contribution in [3.8, 4) is 17.0 Å². The number of rotatable bonds is 6. The number of aromatic nitrogens is 3. The number of fused-ring (bicyclic) bond motifs is 1. The van der Waals surface area contributed by atoms with Gasteiger partial charge in [-0.3, -0.25) is 0 Å². The Morgan fingerprint density at radius 1 is 1.12 bits per heavy atom. The smallest absolute Gasteiger partial charge is 0.239 e. The van der Waals surface area contributed by atoms with Crippen LogP contribution in [0, 0.1) is 0 Å². The molecule has 8 nitrogen and oxygen atoms in total. The number of anilines is 3. The summed E-state index contributed by atoms with van der Waals surface area (Å²) < 4.78 is 12.0. The van der Waals surface area contributed by atoms with Crippen LogP contribution in [-0.2, 0) is 11.3 Å². The molecular weight excluding hydrogens is 426 g/mol. The van der Waals surface area contributed by atoms with Crippen molar-refractivity contribution in [2.24, 2.45) is 0 Å². The zero-order valence-corrected chi connectivity index (χ0v) is 18.4. The molecule has 1 fully saturated rings. The number of methoxy groups -OCH3 is 1. The van der Waals surface area contributed by atoms with Crippen molar-refractivity contribution >= 4 is 39.0 Å². The number of hydrogen-bond donors (Lipinski definition) is 2. The summed E-state index contributed by atoms with van der Waals surface area (Å²) in [5.41, 5.74) is 4.54. The van der Waals surface area contributed by atoms with Gasteiger partial charge in [-0.1, -0.05) is 24.3 Å². The van der Waals surface area contributed by atoms with Gasteiger partial charge in [0.1, 0.15) is 11.5 Å². The normalized spacial score (nSPS) is 14.0. The van der Waals surface area contributed by atoms with Crippen LogP contribution in [0.2, 0.25) is 0 Å². The van der Waals surface area contributed by atoms with E-state index in [9.17, 15) is 5.11 Å². The summed E-state index contributed by atoms with van der Waals surface area (Å²) in [6.45, 7) is 3.04. The van der Waals surface area contributed by atoms with Crippen LogP contribution >= 0.6 is 11.3 Å². The van der Waals surface area contributed by atoms with Gasteiger partial charge in [-0.05, 0) is 23.3 Å². The van der Waals surface area contributed by atoms with Crippen LogP contribution in [0.4, 0.5) is 17.5 Å². The zero-order chi connectivity index (χ0) is 21.9. The standard InChI is InChI=1S/C23H23N5O3S/c1-30-22-18(6-7-20(26-22)28-8-10-31-11-9-28)25-23-24-12-19-21(27-23)17(14-32-19)16-4-2-15(13-29)3-5-16/h2-7,12,14,29H,8-11,13H2,1H3,(H,24,25,27). The number of nitrogens with zero attached hydrogens (tertiary/aromatic N) is 4. The number of nitrogens with one attached hydrogen (secondary N) is 1. The third-order valence-corrected chi connectivity index (χ3v) is 6.29. The number of hydrogen-bond acceptors (Lipinski definition) is 9. The number of ether oxygens (including phenoxy) is 2.